The molecule has 14 heavy (non-hydrogen) atoms. The van der Waals surface area contributed by atoms with E-state index >= 15 is 0 Å². The van der Waals surface area contributed by atoms with Crippen LogP contribution in [0.25, 0.3) is 0 Å². The van der Waals surface area contributed by atoms with Gasteiger partial charge in [0.25, 0.3) is 0 Å². The van der Waals surface area contributed by atoms with Crippen LogP contribution in [0, 0.1) is 0 Å². The normalized spacial score (nSPS) is 13.3. The maximum Gasteiger partial charge on any atom is 0.409 e. The van der Waals surface area contributed by atoms with E-state index < -0.39 is 12.2 Å². The van der Waals surface area contributed by atoms with Crippen molar-refractivity contribution in [3.05, 3.63) is 0 Å². The average molecular weight is 296 g/mol. The zero-order chi connectivity index (χ0) is 10.6. The second-order valence-corrected chi connectivity index (χ2v) is 3.30. The molecule has 0 aliphatic carbocycles. The zero-order valence-electron chi connectivity index (χ0n) is 7.76. The summed E-state index contributed by atoms with van der Waals surface area (Å²) in [5, 5.41) is 1.65. The number of hydrogen-bond acceptors (Lipinski definition) is 2. The monoisotopic (exact) mass is 295 g/mol. The van der Waals surface area contributed by atoms with Crippen molar-refractivity contribution in [3.8, 4) is 0 Å². The van der Waals surface area contributed by atoms with Gasteiger partial charge in [-0.3, -0.25) is 0 Å². The number of nitrogens with zero attached hydrogens (tertiary/aromatic N) is 1. The van der Waals surface area contributed by atoms with Crippen LogP contribution >= 0.6 is 29.2 Å². The van der Waals surface area contributed by atoms with Crippen molar-refractivity contribution in [2.45, 2.75) is 12.2 Å². The van der Waals surface area contributed by atoms with Gasteiger partial charge in [-0.25, -0.2) is 0 Å². The van der Waals surface area contributed by atoms with E-state index in [1.54, 1.807) is 14.1 Å². The first-order valence-electron chi connectivity index (χ1n) is 3.51. The van der Waals surface area contributed by atoms with Crippen molar-refractivity contribution in [2.75, 3.05) is 20.6 Å². The summed E-state index contributed by atoms with van der Waals surface area (Å²) >= 11 is 4.34. The number of rotatable bonds is 3. The Bertz CT molecular complexity index is 186. The molecule has 1 atom stereocenters. The molecule has 0 aromatic rings. The lowest BCUT2D eigenvalue weighted by Gasteiger charge is -2.24. The van der Waals surface area contributed by atoms with Gasteiger partial charge in [0.2, 0.25) is 0 Å². The summed E-state index contributed by atoms with van der Waals surface area (Å²) < 4.78 is 36.7. The third-order valence-electron chi connectivity index (χ3n) is 1.26. The lowest BCUT2D eigenvalue weighted by Crippen LogP contribution is -2.52. The van der Waals surface area contributed by atoms with Crippen molar-refractivity contribution in [1.82, 2.24) is 10.2 Å². The van der Waals surface area contributed by atoms with Crippen LogP contribution < -0.4 is 11.1 Å². The first-order chi connectivity index (χ1) is 5.73. The zero-order valence-corrected chi connectivity index (χ0v) is 10.3. The number of hydrogen-bond donors (Lipinski definition) is 2. The maximum atomic E-state index is 12.2. The topological polar surface area (TPSA) is 41.3 Å². The van der Waals surface area contributed by atoms with E-state index in [0.717, 1.165) is 0 Å². The largest absolute Gasteiger partial charge is 0.409 e. The molecule has 0 aliphatic rings. The van der Waals surface area contributed by atoms with Gasteiger partial charge in [0.1, 0.15) is 6.04 Å². The third-order valence-corrected chi connectivity index (χ3v) is 1.38. The number of nitrogens with one attached hydrogen (secondary N) is 1. The molecule has 0 saturated carbocycles. The molecule has 0 fully saturated rings. The summed E-state index contributed by atoms with van der Waals surface area (Å²) in [6.07, 6.45) is -4.34. The quantitative estimate of drug-likeness (QED) is 0.759. The molecule has 1 unspecified atom stereocenters. The summed E-state index contributed by atoms with van der Waals surface area (Å²) in [7, 11) is 3.08. The van der Waals surface area contributed by atoms with Gasteiger partial charge < -0.3 is 16.0 Å². The Balaban J connectivity index is 0. The Morgan fingerprint density at radius 3 is 2.14 bits per heavy atom. The van der Waals surface area contributed by atoms with Crippen LogP contribution in [-0.2, 0) is 0 Å². The maximum absolute atomic E-state index is 12.2. The fourth-order valence-electron chi connectivity index (χ4n) is 0.768. The number of likely N-dealkylation sites (N-methyl/N-ethyl adjacent to an activating group) is 1. The molecule has 0 radical (unpaired) electrons. The van der Waals surface area contributed by atoms with Gasteiger partial charge >= 0.3 is 6.18 Å². The average Bonchev–Trinajstić information content (AvgIpc) is 1.81. The fraction of sp³-hybridized carbons (Fsp3) is 0.833. The molecule has 0 rings (SSSR count). The molecule has 0 aliphatic heterocycles. The predicted octanol–water partition coefficient (Wildman–Crippen LogP) is 0.890. The summed E-state index contributed by atoms with van der Waals surface area (Å²) in [5.74, 6) is 0. The van der Waals surface area contributed by atoms with Crippen LogP contribution in [-0.4, -0.2) is 42.9 Å². The Morgan fingerprint density at radius 1 is 1.50 bits per heavy atom. The molecular formula is C6H13BrF3N3S. The fourth-order valence-corrected chi connectivity index (χ4v) is 0.910. The van der Waals surface area contributed by atoms with E-state index in [-0.39, 0.29) is 28.6 Å². The van der Waals surface area contributed by atoms with Gasteiger partial charge in [-0.15, -0.1) is 17.0 Å². The number of nitrogens with two attached hydrogens (primary N) is 1. The molecule has 0 aromatic carbocycles. The van der Waals surface area contributed by atoms with Crippen LogP contribution in [0.4, 0.5) is 13.2 Å². The van der Waals surface area contributed by atoms with Crippen LogP contribution in [0.2, 0.25) is 0 Å². The summed E-state index contributed by atoms with van der Waals surface area (Å²) in [6, 6.07) is -1.71. The lowest BCUT2D eigenvalue weighted by atomic mass is 10.3. The highest BCUT2D eigenvalue weighted by Crippen LogP contribution is 2.20. The van der Waals surface area contributed by atoms with Gasteiger partial charge in [-0.05, 0) is 26.3 Å². The van der Waals surface area contributed by atoms with Gasteiger partial charge in [0.15, 0.2) is 5.11 Å². The van der Waals surface area contributed by atoms with Crippen LogP contribution in [0.1, 0.15) is 0 Å². The molecular weight excluding hydrogens is 283 g/mol. The van der Waals surface area contributed by atoms with Crippen molar-refractivity contribution in [1.29, 1.82) is 0 Å². The molecule has 8 heteroatoms. The predicted molar refractivity (Wildman–Crippen MR) is 58.6 cm³/mol. The minimum Gasteiger partial charge on any atom is -0.376 e. The molecule has 0 spiro atoms. The number of halogens is 4. The molecule has 0 heterocycles. The number of thiocarbonyl (C=S) groups is 1. The molecule has 0 amide bonds. The smallest absolute Gasteiger partial charge is 0.376 e. The van der Waals surface area contributed by atoms with E-state index in [1.165, 1.54) is 4.90 Å². The van der Waals surface area contributed by atoms with E-state index in [4.69, 9.17) is 5.73 Å². The highest BCUT2D eigenvalue weighted by molar-refractivity contribution is 8.93. The first kappa shape index (κ1) is 16.4. The van der Waals surface area contributed by atoms with Gasteiger partial charge in [-0.2, -0.15) is 13.2 Å². The van der Waals surface area contributed by atoms with Crippen LogP contribution in [0.15, 0.2) is 0 Å². The Morgan fingerprint density at radius 2 is 1.93 bits per heavy atom. The van der Waals surface area contributed by atoms with Crippen molar-refractivity contribution >= 4 is 34.3 Å². The lowest BCUT2D eigenvalue weighted by molar-refractivity contribution is -0.154. The van der Waals surface area contributed by atoms with Crippen molar-refractivity contribution < 1.29 is 13.2 Å². The molecule has 0 aromatic heterocycles. The van der Waals surface area contributed by atoms with Crippen LogP contribution in [0.3, 0.4) is 0 Å². The Kier molecular flexibility index (Phi) is 7.49. The molecule has 0 bridgehead atoms. The third kappa shape index (κ3) is 7.34. The van der Waals surface area contributed by atoms with E-state index in [1.807, 2.05) is 5.32 Å². The first-order valence-corrected chi connectivity index (χ1v) is 3.91. The molecule has 86 valence electrons. The van der Waals surface area contributed by atoms with E-state index in [9.17, 15) is 13.2 Å². The van der Waals surface area contributed by atoms with Gasteiger partial charge in [-0.1, -0.05) is 0 Å². The highest BCUT2D eigenvalue weighted by Gasteiger charge is 2.39. The number of alkyl halides is 3. The second-order valence-electron chi connectivity index (χ2n) is 2.87. The van der Waals surface area contributed by atoms with Gasteiger partial charge in [0.05, 0.1) is 0 Å². The van der Waals surface area contributed by atoms with Crippen LogP contribution in [0.5, 0.6) is 0 Å². The summed E-state index contributed by atoms with van der Waals surface area (Å²) in [5.41, 5.74) is 4.97. The van der Waals surface area contributed by atoms with E-state index in [2.05, 4.69) is 12.2 Å². The molecule has 3 nitrogen and oxygen atoms in total. The summed E-state index contributed by atoms with van der Waals surface area (Å²) in [6.45, 7) is -0.194. The standard InChI is InChI=1S/C6H12F3N3S.BrH/c1-12(2)3-4(6(7,8)9)11-5(10)13;/h4H,3H2,1-2H3,(H3,10,11,13);1H. The van der Waals surface area contributed by atoms with E-state index in [0.29, 0.717) is 0 Å². The minimum atomic E-state index is -4.34. The minimum absolute atomic E-state index is 0. The van der Waals surface area contributed by atoms with Crippen molar-refractivity contribution in [2.24, 2.45) is 5.73 Å². The highest BCUT2D eigenvalue weighted by atomic mass is 79.9. The summed E-state index contributed by atoms with van der Waals surface area (Å²) in [4.78, 5) is 1.41. The molecule has 3 N–H and O–H groups in total. The Hall–Kier alpha value is -0.0800. The SMILES string of the molecule is Br.CN(C)CC(NC(N)=S)C(F)(F)F. The Labute approximate surface area is 96.6 Å². The van der Waals surface area contributed by atoms with Crippen molar-refractivity contribution in [3.63, 3.8) is 0 Å². The van der Waals surface area contributed by atoms with Gasteiger partial charge in [0, 0.05) is 6.54 Å². The second kappa shape index (κ2) is 6.41. The molecule has 0 saturated heterocycles.